The van der Waals surface area contributed by atoms with E-state index in [9.17, 15) is 4.79 Å². The Balaban J connectivity index is 1.52. The van der Waals surface area contributed by atoms with Crippen molar-refractivity contribution in [1.82, 2.24) is 5.16 Å². The van der Waals surface area contributed by atoms with E-state index in [0.717, 1.165) is 5.75 Å². The number of aryl methyl sites for hydroxylation is 1. The zero-order valence-corrected chi connectivity index (χ0v) is 13.0. The summed E-state index contributed by atoms with van der Waals surface area (Å²) in [5.74, 6) is 1.82. The number of amides is 1. The lowest BCUT2D eigenvalue weighted by Crippen LogP contribution is -2.12. The zero-order valence-electron chi connectivity index (χ0n) is 12.2. The fourth-order valence-electron chi connectivity index (χ4n) is 2.15. The van der Waals surface area contributed by atoms with Gasteiger partial charge in [-0.2, -0.15) is 0 Å². The normalized spacial score (nSPS) is 10.8. The molecule has 1 heterocycles. The summed E-state index contributed by atoms with van der Waals surface area (Å²) in [5, 5.41) is 8.91. The maximum absolute atomic E-state index is 11.8. The first kappa shape index (κ1) is 14.7. The quantitative estimate of drug-likeness (QED) is 0.715. The Morgan fingerprint density at radius 3 is 2.77 bits per heavy atom. The molecule has 4 nitrogen and oxygen atoms in total. The number of carbonyl (C=O) groups is 1. The molecule has 0 spiro atoms. The average Bonchev–Trinajstić information content (AvgIpc) is 2.92. The molecule has 5 heteroatoms. The molecule has 1 N–H and O–H groups in total. The van der Waals surface area contributed by atoms with Crippen LogP contribution in [0.4, 0.5) is 5.82 Å². The molecule has 0 radical (unpaired) electrons. The molecule has 3 rings (SSSR count). The molecule has 0 saturated heterocycles. The van der Waals surface area contributed by atoms with Gasteiger partial charge in [0.25, 0.3) is 0 Å². The zero-order chi connectivity index (χ0) is 15.4. The second-order valence-corrected chi connectivity index (χ2v) is 6.15. The number of benzene rings is 2. The number of rotatable bonds is 5. The maximum Gasteiger partial charge on any atom is 0.226 e. The molecule has 0 unspecified atom stereocenters. The highest BCUT2D eigenvalue weighted by Gasteiger charge is 2.06. The summed E-state index contributed by atoms with van der Waals surface area (Å²) >= 11 is 1.67. The molecule has 2 aromatic carbocycles. The molecule has 0 aliphatic carbocycles. The molecule has 0 fully saturated rings. The highest BCUT2D eigenvalue weighted by Crippen LogP contribution is 2.24. The smallest absolute Gasteiger partial charge is 0.226 e. The van der Waals surface area contributed by atoms with Crippen molar-refractivity contribution in [2.24, 2.45) is 0 Å². The molecular formula is C17H16N2O2S. The van der Waals surface area contributed by atoms with Crippen molar-refractivity contribution in [1.29, 1.82) is 0 Å². The lowest BCUT2D eigenvalue weighted by atomic mass is 10.1. The summed E-state index contributed by atoms with van der Waals surface area (Å²) in [6.07, 6.45) is 0.434. The van der Waals surface area contributed by atoms with Crippen LogP contribution in [0.2, 0.25) is 0 Å². The molecule has 0 saturated carbocycles. The van der Waals surface area contributed by atoms with Crippen LogP contribution < -0.4 is 5.32 Å². The van der Waals surface area contributed by atoms with Crippen LogP contribution in [0, 0.1) is 6.92 Å². The average molecular weight is 312 g/mol. The van der Waals surface area contributed by atoms with Gasteiger partial charge in [0, 0.05) is 23.1 Å². The number of fused-ring (bicyclic) bond motifs is 1. The third-order valence-electron chi connectivity index (χ3n) is 3.21. The Morgan fingerprint density at radius 1 is 1.18 bits per heavy atom. The number of aromatic nitrogens is 1. The second kappa shape index (κ2) is 6.66. The number of carbonyl (C=O) groups excluding carboxylic acids is 1. The third kappa shape index (κ3) is 3.68. The van der Waals surface area contributed by atoms with E-state index in [0.29, 0.717) is 18.0 Å². The Morgan fingerprint density at radius 2 is 2.00 bits per heavy atom. The minimum atomic E-state index is -0.0541. The van der Waals surface area contributed by atoms with Gasteiger partial charge in [-0.25, -0.2) is 0 Å². The first-order valence-corrected chi connectivity index (χ1v) is 8.04. The van der Waals surface area contributed by atoms with Crippen LogP contribution in [-0.2, 0) is 4.79 Å². The van der Waals surface area contributed by atoms with E-state index in [1.807, 2.05) is 12.1 Å². The SMILES string of the molecule is Cc1cc(NC(=O)CCSc2ccc3ccccc3c2)no1. The Kier molecular flexibility index (Phi) is 4.44. The second-order valence-electron chi connectivity index (χ2n) is 4.98. The van der Waals surface area contributed by atoms with E-state index in [1.165, 1.54) is 15.7 Å². The highest BCUT2D eigenvalue weighted by molar-refractivity contribution is 7.99. The minimum absolute atomic E-state index is 0.0541. The molecular weight excluding hydrogens is 296 g/mol. The van der Waals surface area contributed by atoms with Crippen molar-refractivity contribution in [3.8, 4) is 0 Å². The van der Waals surface area contributed by atoms with Crippen molar-refractivity contribution in [3.63, 3.8) is 0 Å². The van der Waals surface area contributed by atoms with Crippen molar-refractivity contribution >= 4 is 34.3 Å². The number of hydrogen-bond donors (Lipinski definition) is 1. The topological polar surface area (TPSA) is 55.1 Å². The monoisotopic (exact) mass is 312 g/mol. The fraction of sp³-hybridized carbons (Fsp3) is 0.176. The number of thioether (sulfide) groups is 1. The van der Waals surface area contributed by atoms with Gasteiger partial charge in [0.1, 0.15) is 5.76 Å². The van der Waals surface area contributed by atoms with Crippen LogP contribution in [0.1, 0.15) is 12.2 Å². The Labute approximate surface area is 132 Å². The molecule has 112 valence electrons. The van der Waals surface area contributed by atoms with Crippen LogP contribution >= 0.6 is 11.8 Å². The van der Waals surface area contributed by atoms with Crippen LogP contribution in [0.15, 0.2) is 57.9 Å². The minimum Gasteiger partial charge on any atom is -0.360 e. The lowest BCUT2D eigenvalue weighted by Gasteiger charge is -2.04. The number of nitrogens with one attached hydrogen (secondary N) is 1. The predicted octanol–water partition coefficient (Wildman–Crippen LogP) is 4.26. The van der Waals surface area contributed by atoms with Gasteiger partial charge in [0.05, 0.1) is 0 Å². The molecule has 0 atom stereocenters. The van der Waals surface area contributed by atoms with Crippen LogP contribution in [-0.4, -0.2) is 16.8 Å². The Bertz CT molecular complexity index is 798. The molecule has 22 heavy (non-hydrogen) atoms. The van der Waals surface area contributed by atoms with Gasteiger partial charge < -0.3 is 9.84 Å². The molecule has 0 aliphatic heterocycles. The fourth-order valence-corrected chi connectivity index (χ4v) is 3.05. The van der Waals surface area contributed by atoms with E-state index in [1.54, 1.807) is 24.8 Å². The summed E-state index contributed by atoms with van der Waals surface area (Å²) < 4.78 is 4.91. The summed E-state index contributed by atoms with van der Waals surface area (Å²) in [6, 6.07) is 16.3. The molecule has 3 aromatic rings. The van der Waals surface area contributed by atoms with Gasteiger partial charge in [0.2, 0.25) is 5.91 Å². The van der Waals surface area contributed by atoms with Crippen molar-refractivity contribution in [2.75, 3.05) is 11.1 Å². The first-order chi connectivity index (χ1) is 10.7. The van der Waals surface area contributed by atoms with E-state index in [-0.39, 0.29) is 5.91 Å². The van der Waals surface area contributed by atoms with Crippen molar-refractivity contribution in [3.05, 3.63) is 54.3 Å². The van der Waals surface area contributed by atoms with Gasteiger partial charge >= 0.3 is 0 Å². The predicted molar refractivity (Wildman–Crippen MR) is 89.2 cm³/mol. The Hall–Kier alpha value is -2.27. The van der Waals surface area contributed by atoms with Crippen LogP contribution in [0.3, 0.4) is 0 Å². The summed E-state index contributed by atoms with van der Waals surface area (Å²) in [7, 11) is 0. The van der Waals surface area contributed by atoms with Crippen molar-refractivity contribution < 1.29 is 9.32 Å². The largest absolute Gasteiger partial charge is 0.360 e. The van der Waals surface area contributed by atoms with Gasteiger partial charge in [-0.15, -0.1) is 11.8 Å². The third-order valence-corrected chi connectivity index (χ3v) is 4.21. The molecule has 1 aromatic heterocycles. The van der Waals surface area contributed by atoms with E-state index in [2.05, 4.69) is 40.8 Å². The number of hydrogen-bond acceptors (Lipinski definition) is 4. The number of nitrogens with zero attached hydrogens (tertiary/aromatic N) is 1. The van der Waals surface area contributed by atoms with E-state index >= 15 is 0 Å². The van der Waals surface area contributed by atoms with Crippen LogP contribution in [0.5, 0.6) is 0 Å². The van der Waals surface area contributed by atoms with E-state index in [4.69, 9.17) is 4.52 Å². The summed E-state index contributed by atoms with van der Waals surface area (Å²) in [4.78, 5) is 13.0. The molecule has 0 bridgehead atoms. The standard InChI is InChI=1S/C17H16N2O2S/c1-12-10-16(19-21-12)18-17(20)8-9-22-15-7-6-13-4-2-3-5-14(13)11-15/h2-7,10-11H,8-9H2,1H3,(H,18,19,20). The first-order valence-electron chi connectivity index (χ1n) is 7.05. The lowest BCUT2D eigenvalue weighted by molar-refractivity contribution is -0.115. The van der Waals surface area contributed by atoms with Crippen LogP contribution in [0.25, 0.3) is 10.8 Å². The van der Waals surface area contributed by atoms with Gasteiger partial charge in [-0.3, -0.25) is 4.79 Å². The molecule has 0 aliphatic rings. The van der Waals surface area contributed by atoms with Crippen molar-refractivity contribution in [2.45, 2.75) is 18.2 Å². The van der Waals surface area contributed by atoms with Gasteiger partial charge in [0.15, 0.2) is 5.82 Å². The van der Waals surface area contributed by atoms with Gasteiger partial charge in [-0.1, -0.05) is 35.5 Å². The summed E-state index contributed by atoms with van der Waals surface area (Å²) in [6.45, 7) is 1.79. The molecule has 1 amide bonds. The summed E-state index contributed by atoms with van der Waals surface area (Å²) in [5.41, 5.74) is 0. The van der Waals surface area contributed by atoms with Gasteiger partial charge in [-0.05, 0) is 29.8 Å². The van der Waals surface area contributed by atoms with E-state index < -0.39 is 0 Å². The maximum atomic E-state index is 11.8. The highest BCUT2D eigenvalue weighted by atomic mass is 32.2. The number of anilines is 1.